The zero-order valence-corrected chi connectivity index (χ0v) is 27.2. The highest BCUT2D eigenvalue weighted by Gasteiger charge is 2.54. The zero-order valence-electron chi connectivity index (χ0n) is 25.7. The van der Waals surface area contributed by atoms with E-state index >= 15 is 0 Å². The number of carbonyl (C=O) groups is 2. The number of amides is 2. The van der Waals surface area contributed by atoms with Gasteiger partial charge < -0.3 is 20.1 Å². The number of nitrogens with zero attached hydrogens (tertiary/aromatic N) is 1. The summed E-state index contributed by atoms with van der Waals surface area (Å²) >= 11 is 7.94. The average Bonchev–Trinajstić information content (AvgIpc) is 3.69. The Morgan fingerprint density at radius 1 is 1.00 bits per heavy atom. The minimum Gasteiger partial charge on any atom is -0.508 e. The molecule has 4 atom stereocenters. The van der Waals surface area contributed by atoms with Crippen molar-refractivity contribution in [2.45, 2.75) is 31.9 Å². The van der Waals surface area contributed by atoms with Gasteiger partial charge in [-0.2, -0.15) is 0 Å². The molecule has 3 N–H and O–H groups in total. The van der Waals surface area contributed by atoms with E-state index in [0.717, 1.165) is 27.2 Å². The second-order valence-corrected chi connectivity index (χ2v) is 13.4. The van der Waals surface area contributed by atoms with Gasteiger partial charge >= 0.3 is 0 Å². The molecule has 242 valence electrons. The summed E-state index contributed by atoms with van der Waals surface area (Å²) in [4.78, 5) is 29.7. The second kappa shape index (κ2) is 14.7. The average molecular weight is 670 g/mol. The first-order valence-corrected chi connectivity index (χ1v) is 16.9. The van der Waals surface area contributed by atoms with Crippen molar-refractivity contribution >= 4 is 46.4 Å². The molecular weight excluding hydrogens is 634 g/mol. The zero-order chi connectivity index (χ0) is 32.9. The number of aliphatic hydroxyl groups is 2. The minimum atomic E-state index is -1.01. The highest BCUT2D eigenvalue weighted by molar-refractivity contribution is 7.09. The number of phenolic OH excluding ortho intramolecular Hbond substituents is 1. The Balaban J connectivity index is 1.32. The molecular formula is C38H36ClNO6S. The molecule has 0 saturated carbocycles. The molecule has 2 amide bonds. The molecule has 0 bridgehead atoms. The van der Waals surface area contributed by atoms with E-state index in [1.807, 2.05) is 84.3 Å². The summed E-state index contributed by atoms with van der Waals surface area (Å²) in [6.45, 7) is -0.0783. The summed E-state index contributed by atoms with van der Waals surface area (Å²) in [5, 5.41) is 34.9. The lowest BCUT2D eigenvalue weighted by Crippen LogP contribution is -2.40. The van der Waals surface area contributed by atoms with Crippen LogP contribution >= 0.6 is 22.9 Å². The van der Waals surface area contributed by atoms with Crippen LogP contribution in [0.4, 0.5) is 0 Å². The lowest BCUT2D eigenvalue weighted by Gasteiger charge is -2.36. The fourth-order valence-electron chi connectivity index (χ4n) is 6.78. The predicted octanol–water partition coefficient (Wildman–Crippen LogP) is 6.98. The van der Waals surface area contributed by atoms with Crippen LogP contribution in [0, 0.1) is 17.8 Å². The van der Waals surface area contributed by atoms with Gasteiger partial charge in [-0.3, -0.25) is 14.5 Å². The van der Waals surface area contributed by atoms with Gasteiger partial charge in [0.1, 0.15) is 18.1 Å². The number of phenols is 1. The number of halogens is 1. The van der Waals surface area contributed by atoms with Crippen molar-refractivity contribution in [2.75, 3.05) is 13.2 Å². The number of likely N-dealkylation sites (tertiary alicyclic amines) is 1. The minimum absolute atomic E-state index is 0.0700. The van der Waals surface area contributed by atoms with Crippen molar-refractivity contribution in [3.8, 4) is 11.5 Å². The third-order valence-corrected chi connectivity index (χ3v) is 10.2. The van der Waals surface area contributed by atoms with E-state index in [9.17, 15) is 24.9 Å². The number of rotatable bonds is 12. The lowest BCUT2D eigenvalue weighted by molar-refractivity contribution is -0.140. The largest absolute Gasteiger partial charge is 0.508 e. The molecule has 6 rings (SSSR count). The number of benzene rings is 3. The third kappa shape index (κ3) is 7.21. The van der Waals surface area contributed by atoms with Crippen molar-refractivity contribution in [3.05, 3.63) is 129 Å². The quantitative estimate of drug-likeness (QED) is 0.0854. The molecule has 1 aliphatic carbocycles. The van der Waals surface area contributed by atoms with Crippen LogP contribution in [0.15, 0.2) is 108 Å². The summed E-state index contributed by atoms with van der Waals surface area (Å²) in [5.41, 5.74) is 3.90. The molecule has 4 aromatic rings. The molecule has 3 aromatic carbocycles. The van der Waals surface area contributed by atoms with Crippen LogP contribution in [0.2, 0.25) is 5.02 Å². The smallest absolute Gasteiger partial charge is 0.234 e. The molecule has 9 heteroatoms. The molecule has 0 unspecified atom stereocenters. The van der Waals surface area contributed by atoms with Gasteiger partial charge in [-0.15, -0.1) is 11.3 Å². The normalized spacial score (nSPS) is 20.4. The Morgan fingerprint density at radius 3 is 2.43 bits per heavy atom. The van der Waals surface area contributed by atoms with Crippen LogP contribution in [0.3, 0.4) is 0 Å². The van der Waals surface area contributed by atoms with E-state index in [-0.39, 0.29) is 43.6 Å². The van der Waals surface area contributed by atoms with Crippen LogP contribution in [-0.2, 0) is 16.1 Å². The van der Waals surface area contributed by atoms with Crippen LogP contribution in [0.1, 0.15) is 35.3 Å². The number of carbonyl (C=O) groups excluding carboxylic acids is 2. The molecule has 2 heterocycles. The molecule has 1 aromatic heterocycles. The van der Waals surface area contributed by atoms with Gasteiger partial charge in [-0.25, -0.2) is 0 Å². The fraction of sp³-hybridized carbons (Fsp3) is 0.263. The second-order valence-electron chi connectivity index (χ2n) is 11.9. The number of aliphatic hydroxyl groups excluding tert-OH is 2. The Hall–Kier alpha value is -4.21. The van der Waals surface area contributed by atoms with Crippen molar-refractivity contribution < 1.29 is 29.6 Å². The first-order valence-electron chi connectivity index (χ1n) is 15.6. The van der Waals surface area contributed by atoms with Crippen molar-refractivity contribution in [1.29, 1.82) is 0 Å². The van der Waals surface area contributed by atoms with Crippen LogP contribution in [0.5, 0.6) is 11.5 Å². The molecule has 1 aliphatic heterocycles. The van der Waals surface area contributed by atoms with E-state index < -0.39 is 30.5 Å². The third-order valence-electron chi connectivity index (χ3n) is 9.03. The Bertz CT molecular complexity index is 1770. The standard InChI is InChI=1S/C38H36ClNO6S/c39-33-20-28(42)15-13-26(33)18-25(24-8-3-1-4-9-24)14-16-34(43)35-27(23-46-29-10-5-2-6-11-29)19-31-36(32(35)22-41)38(45)40(37(31)44)21-30-12-7-17-47-30/h1-13,15,17-18,20,31-32,34,36,41-43H,14,16,19,21-23H2/b25-18-/t31-,32+,34-,36-/m1/s1. The first kappa shape index (κ1) is 32.7. The van der Waals surface area contributed by atoms with Gasteiger partial charge in [0.15, 0.2) is 0 Å². The maximum absolute atomic E-state index is 13.8. The first-order chi connectivity index (χ1) is 22.8. The van der Waals surface area contributed by atoms with E-state index in [0.29, 0.717) is 22.8 Å². The summed E-state index contributed by atoms with van der Waals surface area (Å²) < 4.78 is 6.13. The highest BCUT2D eigenvalue weighted by Crippen LogP contribution is 2.47. The molecule has 2 aliphatic rings. The topological polar surface area (TPSA) is 107 Å². The number of thiophene rings is 1. The number of aromatic hydroxyl groups is 1. The van der Waals surface area contributed by atoms with Gasteiger partial charge in [0.2, 0.25) is 11.8 Å². The monoisotopic (exact) mass is 669 g/mol. The molecule has 7 nitrogen and oxygen atoms in total. The number of hydrogen-bond acceptors (Lipinski definition) is 7. The Morgan fingerprint density at radius 2 is 1.74 bits per heavy atom. The number of ether oxygens (including phenoxy) is 1. The maximum Gasteiger partial charge on any atom is 0.234 e. The van der Waals surface area contributed by atoms with Gasteiger partial charge in [0.25, 0.3) is 0 Å². The molecule has 0 spiro atoms. The number of fused-ring (bicyclic) bond motifs is 1. The summed E-state index contributed by atoms with van der Waals surface area (Å²) in [6, 6.07) is 27.7. The molecule has 1 fully saturated rings. The van der Waals surface area contributed by atoms with Crippen LogP contribution in [-0.4, -0.2) is 51.4 Å². The lowest BCUT2D eigenvalue weighted by atomic mass is 9.68. The van der Waals surface area contributed by atoms with Gasteiger partial charge in [0, 0.05) is 10.8 Å². The fourth-order valence-corrected chi connectivity index (χ4v) is 7.70. The number of imide groups is 1. The summed E-state index contributed by atoms with van der Waals surface area (Å²) in [5.74, 6) is -1.99. The summed E-state index contributed by atoms with van der Waals surface area (Å²) in [6.07, 6.45) is 1.92. The SMILES string of the molecule is O=C1[C@@H]2[C@@H](CC(COc3ccccc3)=C([C@H](O)CC/C(=C/c3ccc(O)cc3Cl)c3ccccc3)[C@@H]2CO)C(=O)N1Cc1cccs1. The number of hydrogen-bond donors (Lipinski definition) is 3. The van der Waals surface area contributed by atoms with Gasteiger partial charge in [-0.1, -0.05) is 66.2 Å². The Kier molecular flexibility index (Phi) is 10.2. The predicted molar refractivity (Wildman–Crippen MR) is 184 cm³/mol. The van der Waals surface area contributed by atoms with Crippen LogP contribution in [0.25, 0.3) is 11.6 Å². The van der Waals surface area contributed by atoms with Gasteiger partial charge in [-0.05, 0) is 95.0 Å². The summed E-state index contributed by atoms with van der Waals surface area (Å²) in [7, 11) is 0. The van der Waals surface area contributed by atoms with E-state index in [4.69, 9.17) is 16.3 Å². The molecule has 0 radical (unpaired) electrons. The van der Waals surface area contributed by atoms with Crippen molar-refractivity contribution in [3.63, 3.8) is 0 Å². The number of allylic oxidation sites excluding steroid dienone is 1. The number of para-hydroxylation sites is 1. The highest BCUT2D eigenvalue weighted by atomic mass is 35.5. The van der Waals surface area contributed by atoms with Gasteiger partial charge in [0.05, 0.1) is 36.1 Å². The maximum atomic E-state index is 13.8. The van der Waals surface area contributed by atoms with E-state index in [1.165, 1.54) is 22.3 Å². The van der Waals surface area contributed by atoms with Crippen molar-refractivity contribution in [2.24, 2.45) is 17.8 Å². The van der Waals surface area contributed by atoms with Crippen molar-refractivity contribution in [1.82, 2.24) is 4.90 Å². The Labute approximate surface area is 283 Å². The van der Waals surface area contributed by atoms with Crippen LogP contribution < -0.4 is 4.74 Å². The van der Waals surface area contributed by atoms with E-state index in [1.54, 1.807) is 12.1 Å². The van der Waals surface area contributed by atoms with E-state index in [2.05, 4.69) is 0 Å². The molecule has 1 saturated heterocycles. The molecule has 47 heavy (non-hydrogen) atoms.